The van der Waals surface area contributed by atoms with Crippen LogP contribution < -0.4 is 16.4 Å². The van der Waals surface area contributed by atoms with E-state index in [9.17, 15) is 9.59 Å². The van der Waals surface area contributed by atoms with Gasteiger partial charge in [-0.15, -0.1) is 0 Å². The maximum absolute atomic E-state index is 11.6. The van der Waals surface area contributed by atoms with Crippen LogP contribution in [-0.2, 0) is 16.0 Å². The molecule has 0 saturated heterocycles. The van der Waals surface area contributed by atoms with Crippen molar-refractivity contribution in [2.45, 2.75) is 13.3 Å². The summed E-state index contributed by atoms with van der Waals surface area (Å²) in [7, 11) is 1.81. The lowest BCUT2D eigenvalue weighted by atomic mass is 10.1. The number of nitrogens with zero attached hydrogens (tertiary/aromatic N) is 1. The van der Waals surface area contributed by atoms with Crippen molar-refractivity contribution in [3.8, 4) is 11.3 Å². The van der Waals surface area contributed by atoms with E-state index < -0.39 is 5.91 Å². The first-order valence-corrected chi connectivity index (χ1v) is 6.87. The molecule has 6 heteroatoms. The molecule has 0 radical (unpaired) electrons. The predicted molar refractivity (Wildman–Crippen MR) is 84.2 cm³/mol. The zero-order valence-corrected chi connectivity index (χ0v) is 12.6. The molecule has 0 atom stereocenters. The SMILES string of the molecule is Cc1ccc(-c2ccc3c(c2)N(C)C(=O)C3)o1.NCC(N)=O. The number of carbonyl (C=O) groups excluding carboxylic acids is 2. The van der Waals surface area contributed by atoms with Crippen LogP contribution in [0.4, 0.5) is 5.69 Å². The topological polar surface area (TPSA) is 103 Å². The number of rotatable bonds is 2. The second-order valence-electron chi connectivity index (χ2n) is 5.05. The highest BCUT2D eigenvalue weighted by Gasteiger charge is 2.24. The van der Waals surface area contributed by atoms with Crippen LogP contribution in [-0.4, -0.2) is 25.4 Å². The number of nitrogens with two attached hydrogens (primary N) is 2. The molecule has 0 spiro atoms. The van der Waals surface area contributed by atoms with Crippen molar-refractivity contribution in [2.24, 2.45) is 11.5 Å². The Labute approximate surface area is 128 Å². The number of benzene rings is 1. The zero-order chi connectivity index (χ0) is 16.3. The Bertz CT molecular complexity index is 706. The summed E-state index contributed by atoms with van der Waals surface area (Å²) in [6.45, 7) is 1.87. The summed E-state index contributed by atoms with van der Waals surface area (Å²) in [5.41, 5.74) is 12.3. The van der Waals surface area contributed by atoms with Gasteiger partial charge in [0.15, 0.2) is 0 Å². The van der Waals surface area contributed by atoms with Crippen LogP contribution in [0, 0.1) is 6.92 Å². The fraction of sp³-hybridized carbons (Fsp3) is 0.250. The zero-order valence-electron chi connectivity index (χ0n) is 12.6. The molecule has 22 heavy (non-hydrogen) atoms. The number of aryl methyl sites for hydroxylation is 1. The first-order valence-electron chi connectivity index (χ1n) is 6.87. The van der Waals surface area contributed by atoms with Gasteiger partial charge >= 0.3 is 0 Å². The number of hydrogen-bond donors (Lipinski definition) is 2. The van der Waals surface area contributed by atoms with Gasteiger partial charge in [-0.05, 0) is 30.7 Å². The second-order valence-corrected chi connectivity index (χ2v) is 5.05. The van der Waals surface area contributed by atoms with Crippen molar-refractivity contribution in [1.82, 2.24) is 0 Å². The molecular formula is C16H19N3O3. The maximum atomic E-state index is 11.6. The summed E-state index contributed by atoms with van der Waals surface area (Å²) in [5.74, 6) is 1.42. The number of furan rings is 1. The van der Waals surface area contributed by atoms with Gasteiger partial charge in [-0.2, -0.15) is 0 Å². The number of hydrogen-bond acceptors (Lipinski definition) is 4. The van der Waals surface area contributed by atoms with Gasteiger partial charge in [-0.3, -0.25) is 9.59 Å². The van der Waals surface area contributed by atoms with Crippen molar-refractivity contribution >= 4 is 17.5 Å². The van der Waals surface area contributed by atoms with Crippen LogP contribution in [0.25, 0.3) is 11.3 Å². The van der Waals surface area contributed by atoms with Crippen LogP contribution >= 0.6 is 0 Å². The van der Waals surface area contributed by atoms with Crippen molar-refractivity contribution in [3.05, 3.63) is 41.7 Å². The Morgan fingerprint density at radius 2 is 2.00 bits per heavy atom. The molecule has 0 fully saturated rings. The molecule has 0 bridgehead atoms. The standard InChI is InChI=1S/C14H13NO2.C2H6N2O/c1-9-3-6-13(17-9)11-5-4-10-8-14(16)15(2)12(10)7-11;3-1-2(4)5/h3-7H,8H2,1-2H3;1,3H2,(H2,4,5). The average Bonchev–Trinajstić information content (AvgIpc) is 3.04. The van der Waals surface area contributed by atoms with E-state index in [-0.39, 0.29) is 12.5 Å². The molecule has 4 N–H and O–H groups in total. The second kappa shape index (κ2) is 6.44. The third kappa shape index (κ3) is 3.35. The van der Waals surface area contributed by atoms with E-state index >= 15 is 0 Å². The molecular weight excluding hydrogens is 282 g/mol. The molecule has 1 aliphatic rings. The molecule has 0 unspecified atom stereocenters. The molecule has 2 amide bonds. The Kier molecular flexibility index (Phi) is 4.62. The molecule has 2 aromatic rings. The third-order valence-electron chi connectivity index (χ3n) is 3.39. The van der Waals surface area contributed by atoms with Gasteiger partial charge < -0.3 is 20.8 Å². The minimum atomic E-state index is -0.468. The fourth-order valence-electron chi connectivity index (χ4n) is 2.18. The Hall–Kier alpha value is -2.60. The minimum absolute atomic E-state index is 0.0556. The summed E-state index contributed by atoms with van der Waals surface area (Å²) in [6.07, 6.45) is 0.503. The fourth-order valence-corrected chi connectivity index (χ4v) is 2.18. The van der Waals surface area contributed by atoms with E-state index in [0.29, 0.717) is 6.42 Å². The van der Waals surface area contributed by atoms with E-state index in [1.807, 2.05) is 44.3 Å². The van der Waals surface area contributed by atoms with E-state index in [0.717, 1.165) is 28.3 Å². The largest absolute Gasteiger partial charge is 0.461 e. The highest BCUT2D eigenvalue weighted by Crippen LogP contribution is 2.32. The Balaban J connectivity index is 0.000000309. The minimum Gasteiger partial charge on any atom is -0.461 e. The Morgan fingerprint density at radius 1 is 1.32 bits per heavy atom. The van der Waals surface area contributed by atoms with Crippen LogP contribution in [0.3, 0.4) is 0 Å². The van der Waals surface area contributed by atoms with Crippen LogP contribution in [0.2, 0.25) is 0 Å². The van der Waals surface area contributed by atoms with Crippen molar-refractivity contribution < 1.29 is 14.0 Å². The van der Waals surface area contributed by atoms with Crippen LogP contribution in [0.5, 0.6) is 0 Å². The molecule has 0 aliphatic carbocycles. The molecule has 2 heterocycles. The number of likely N-dealkylation sites (N-methyl/N-ethyl adjacent to an activating group) is 1. The Morgan fingerprint density at radius 3 is 2.55 bits per heavy atom. The molecule has 0 saturated carbocycles. The smallest absolute Gasteiger partial charge is 0.231 e. The van der Waals surface area contributed by atoms with Crippen LogP contribution in [0.15, 0.2) is 34.7 Å². The van der Waals surface area contributed by atoms with E-state index in [2.05, 4.69) is 5.73 Å². The molecule has 1 aromatic heterocycles. The average molecular weight is 301 g/mol. The van der Waals surface area contributed by atoms with Gasteiger partial charge in [0.25, 0.3) is 0 Å². The highest BCUT2D eigenvalue weighted by molar-refractivity contribution is 6.01. The van der Waals surface area contributed by atoms with Gasteiger partial charge in [0, 0.05) is 18.3 Å². The quantitative estimate of drug-likeness (QED) is 0.870. The van der Waals surface area contributed by atoms with Gasteiger partial charge in [0.1, 0.15) is 11.5 Å². The van der Waals surface area contributed by atoms with Gasteiger partial charge in [-0.1, -0.05) is 12.1 Å². The highest BCUT2D eigenvalue weighted by atomic mass is 16.3. The normalized spacial score (nSPS) is 12.7. The lowest BCUT2D eigenvalue weighted by Crippen LogP contribution is -2.21. The first kappa shape index (κ1) is 15.8. The van der Waals surface area contributed by atoms with Crippen LogP contribution in [0.1, 0.15) is 11.3 Å². The molecule has 116 valence electrons. The molecule has 1 aliphatic heterocycles. The number of primary amides is 1. The van der Waals surface area contributed by atoms with Crippen molar-refractivity contribution in [2.75, 3.05) is 18.5 Å². The first-order chi connectivity index (χ1) is 10.4. The van der Waals surface area contributed by atoms with E-state index in [1.54, 1.807) is 4.90 Å². The van der Waals surface area contributed by atoms with Gasteiger partial charge in [-0.25, -0.2) is 0 Å². The van der Waals surface area contributed by atoms with Crippen molar-refractivity contribution in [1.29, 1.82) is 0 Å². The summed E-state index contributed by atoms with van der Waals surface area (Å²) in [5, 5.41) is 0. The maximum Gasteiger partial charge on any atom is 0.231 e. The number of carbonyl (C=O) groups is 2. The lowest BCUT2D eigenvalue weighted by Gasteiger charge is -2.10. The predicted octanol–water partition coefficient (Wildman–Crippen LogP) is 1.20. The molecule has 1 aromatic carbocycles. The summed E-state index contributed by atoms with van der Waals surface area (Å²) < 4.78 is 5.59. The third-order valence-corrected chi connectivity index (χ3v) is 3.39. The monoisotopic (exact) mass is 301 g/mol. The van der Waals surface area contributed by atoms with Gasteiger partial charge in [0.05, 0.1) is 13.0 Å². The number of amides is 2. The van der Waals surface area contributed by atoms with E-state index in [1.165, 1.54) is 0 Å². The summed E-state index contributed by atoms with van der Waals surface area (Å²) in [6, 6.07) is 9.91. The summed E-state index contributed by atoms with van der Waals surface area (Å²) in [4.78, 5) is 22.8. The number of anilines is 1. The van der Waals surface area contributed by atoms with Crippen molar-refractivity contribution in [3.63, 3.8) is 0 Å². The van der Waals surface area contributed by atoms with Gasteiger partial charge in [0.2, 0.25) is 11.8 Å². The lowest BCUT2D eigenvalue weighted by molar-refractivity contribution is -0.117. The molecule has 3 rings (SSSR count). The summed E-state index contributed by atoms with van der Waals surface area (Å²) >= 11 is 0. The molecule has 6 nitrogen and oxygen atoms in total. The number of fused-ring (bicyclic) bond motifs is 1. The van der Waals surface area contributed by atoms with E-state index in [4.69, 9.17) is 10.2 Å².